The van der Waals surface area contributed by atoms with Crippen LogP contribution in [0, 0.1) is 11.3 Å². The van der Waals surface area contributed by atoms with Crippen LogP contribution in [0.4, 0.5) is 5.82 Å². The van der Waals surface area contributed by atoms with Crippen molar-refractivity contribution in [3.63, 3.8) is 0 Å². The van der Waals surface area contributed by atoms with Crippen LogP contribution in [0.2, 0.25) is 0 Å². The molecule has 0 amide bonds. The smallest absolute Gasteiger partial charge is 0.183 e. The second kappa shape index (κ2) is 4.54. The van der Waals surface area contributed by atoms with E-state index in [4.69, 9.17) is 11.0 Å². The maximum absolute atomic E-state index is 8.81. The van der Waals surface area contributed by atoms with Gasteiger partial charge in [0.2, 0.25) is 0 Å². The van der Waals surface area contributed by atoms with Crippen molar-refractivity contribution in [1.29, 1.82) is 5.26 Å². The minimum atomic E-state index is 0.271. The van der Waals surface area contributed by atoms with Crippen molar-refractivity contribution in [1.82, 2.24) is 9.55 Å². The van der Waals surface area contributed by atoms with Gasteiger partial charge in [-0.25, -0.2) is 4.98 Å². The molecule has 0 fully saturated rings. The molecule has 0 atom stereocenters. The lowest BCUT2D eigenvalue weighted by molar-refractivity contribution is 0.773. The lowest BCUT2D eigenvalue weighted by Gasteiger charge is -2.10. The van der Waals surface area contributed by atoms with E-state index in [0.29, 0.717) is 17.1 Å². The summed E-state index contributed by atoms with van der Waals surface area (Å²) in [6.07, 6.45) is 8.55. The molecule has 0 spiro atoms. The van der Waals surface area contributed by atoms with Crippen molar-refractivity contribution in [3.05, 3.63) is 34.2 Å². The molecule has 1 aliphatic carbocycles. The van der Waals surface area contributed by atoms with Crippen molar-refractivity contribution in [2.75, 3.05) is 5.73 Å². The summed E-state index contributed by atoms with van der Waals surface area (Å²) in [5.41, 5.74) is 7.29. The second-order valence-electron chi connectivity index (χ2n) is 3.57. The van der Waals surface area contributed by atoms with Gasteiger partial charge in [0.1, 0.15) is 11.9 Å². The lowest BCUT2D eigenvalue weighted by Crippen LogP contribution is -2.06. The van der Waals surface area contributed by atoms with E-state index in [-0.39, 0.29) is 5.69 Å². The van der Waals surface area contributed by atoms with Crippen LogP contribution in [-0.2, 0) is 6.54 Å². The van der Waals surface area contributed by atoms with Crippen molar-refractivity contribution in [3.8, 4) is 6.07 Å². The number of rotatable bonds is 2. The SMILES string of the molecule is N#Cc1nc(Br)n(CC2=CCCC=C2)c1N. The highest BCUT2D eigenvalue weighted by atomic mass is 79.9. The van der Waals surface area contributed by atoms with Gasteiger partial charge < -0.3 is 10.3 Å². The van der Waals surface area contributed by atoms with E-state index in [0.717, 1.165) is 12.8 Å². The van der Waals surface area contributed by atoms with Crippen LogP contribution in [0.5, 0.6) is 0 Å². The normalized spacial score (nSPS) is 14.6. The fraction of sp³-hybridized carbons (Fsp3) is 0.273. The number of halogens is 1. The number of allylic oxidation sites excluding steroid dienone is 4. The molecular weight excluding hydrogens is 268 g/mol. The van der Waals surface area contributed by atoms with Crippen LogP contribution in [0.3, 0.4) is 0 Å². The summed E-state index contributed by atoms with van der Waals surface area (Å²) in [5.74, 6) is 0.411. The summed E-state index contributed by atoms with van der Waals surface area (Å²) < 4.78 is 2.39. The molecular formula is C11H11BrN4. The van der Waals surface area contributed by atoms with E-state index in [1.807, 2.05) is 6.07 Å². The number of hydrogen-bond donors (Lipinski definition) is 1. The Morgan fingerprint density at radius 3 is 2.94 bits per heavy atom. The highest BCUT2D eigenvalue weighted by Crippen LogP contribution is 2.21. The van der Waals surface area contributed by atoms with Gasteiger partial charge in [-0.15, -0.1) is 0 Å². The van der Waals surface area contributed by atoms with E-state index in [1.165, 1.54) is 5.57 Å². The van der Waals surface area contributed by atoms with Gasteiger partial charge in [0, 0.05) is 0 Å². The largest absolute Gasteiger partial charge is 0.383 e. The van der Waals surface area contributed by atoms with E-state index < -0.39 is 0 Å². The van der Waals surface area contributed by atoms with Gasteiger partial charge in [0.25, 0.3) is 0 Å². The molecule has 0 aliphatic heterocycles. The molecule has 1 aliphatic rings. The Morgan fingerprint density at radius 2 is 2.38 bits per heavy atom. The summed E-state index contributed by atoms with van der Waals surface area (Å²) in [6.45, 7) is 0.650. The van der Waals surface area contributed by atoms with Gasteiger partial charge in [-0.3, -0.25) is 0 Å². The molecule has 4 nitrogen and oxygen atoms in total. The molecule has 16 heavy (non-hydrogen) atoms. The summed E-state index contributed by atoms with van der Waals surface area (Å²) >= 11 is 3.31. The summed E-state index contributed by atoms with van der Waals surface area (Å²) in [7, 11) is 0. The Morgan fingerprint density at radius 1 is 1.56 bits per heavy atom. The van der Waals surface area contributed by atoms with Gasteiger partial charge in [-0.05, 0) is 34.3 Å². The van der Waals surface area contributed by atoms with Crippen molar-refractivity contribution < 1.29 is 0 Å². The van der Waals surface area contributed by atoms with E-state index in [2.05, 4.69) is 39.1 Å². The van der Waals surface area contributed by atoms with Crippen LogP contribution in [0.1, 0.15) is 18.5 Å². The van der Waals surface area contributed by atoms with Gasteiger partial charge in [0.05, 0.1) is 6.54 Å². The van der Waals surface area contributed by atoms with Crippen molar-refractivity contribution >= 4 is 21.7 Å². The summed E-state index contributed by atoms with van der Waals surface area (Å²) in [6, 6.07) is 1.97. The lowest BCUT2D eigenvalue weighted by atomic mass is 10.1. The third-order valence-corrected chi connectivity index (χ3v) is 3.08. The molecule has 1 heterocycles. The summed E-state index contributed by atoms with van der Waals surface area (Å²) in [4.78, 5) is 4.04. The minimum Gasteiger partial charge on any atom is -0.383 e. The zero-order valence-electron chi connectivity index (χ0n) is 8.65. The zero-order chi connectivity index (χ0) is 11.5. The van der Waals surface area contributed by atoms with Gasteiger partial charge in [-0.1, -0.05) is 18.2 Å². The summed E-state index contributed by atoms with van der Waals surface area (Å²) in [5, 5.41) is 8.81. The molecule has 1 aromatic rings. The van der Waals surface area contributed by atoms with Crippen molar-refractivity contribution in [2.24, 2.45) is 0 Å². The number of aromatic nitrogens is 2. The number of nitrogens with zero attached hydrogens (tertiary/aromatic N) is 3. The van der Waals surface area contributed by atoms with E-state index >= 15 is 0 Å². The third kappa shape index (κ3) is 2.02. The van der Waals surface area contributed by atoms with Crippen LogP contribution in [0.25, 0.3) is 0 Å². The maximum atomic E-state index is 8.81. The van der Waals surface area contributed by atoms with E-state index in [1.54, 1.807) is 4.57 Å². The molecule has 5 heteroatoms. The Hall–Kier alpha value is -1.54. The molecule has 2 N–H and O–H groups in total. The van der Waals surface area contributed by atoms with Crippen molar-refractivity contribution in [2.45, 2.75) is 19.4 Å². The first-order chi connectivity index (χ1) is 7.72. The molecule has 1 aromatic heterocycles. The molecule has 0 saturated carbocycles. The standard InChI is InChI=1S/C11H11BrN4/c12-11-15-9(6-13)10(14)16(11)7-8-4-2-1-3-5-8/h2,4-5H,1,3,7,14H2. The first-order valence-corrected chi connectivity index (χ1v) is 5.79. The minimum absolute atomic E-state index is 0.271. The number of nitrogen functional groups attached to an aromatic ring is 1. The van der Waals surface area contributed by atoms with Crippen LogP contribution >= 0.6 is 15.9 Å². The predicted molar refractivity (Wildman–Crippen MR) is 65.5 cm³/mol. The quantitative estimate of drug-likeness (QED) is 0.903. The van der Waals surface area contributed by atoms with Gasteiger partial charge >= 0.3 is 0 Å². The average molecular weight is 279 g/mol. The highest BCUT2D eigenvalue weighted by molar-refractivity contribution is 9.10. The number of nitrogens with two attached hydrogens (primary N) is 1. The monoisotopic (exact) mass is 278 g/mol. The average Bonchev–Trinajstić information content (AvgIpc) is 2.58. The molecule has 0 saturated heterocycles. The zero-order valence-corrected chi connectivity index (χ0v) is 10.2. The predicted octanol–water partition coefficient (Wildman–Crippen LogP) is 2.38. The maximum Gasteiger partial charge on any atom is 0.183 e. The fourth-order valence-electron chi connectivity index (χ4n) is 1.64. The second-order valence-corrected chi connectivity index (χ2v) is 4.28. The molecule has 82 valence electrons. The van der Waals surface area contributed by atoms with Crippen LogP contribution in [0.15, 0.2) is 28.5 Å². The number of nitriles is 1. The molecule has 0 bridgehead atoms. The topological polar surface area (TPSA) is 67.6 Å². The van der Waals surface area contributed by atoms with Gasteiger partial charge in [-0.2, -0.15) is 5.26 Å². The van der Waals surface area contributed by atoms with Gasteiger partial charge in [0.15, 0.2) is 10.4 Å². The Labute approximate surface area is 102 Å². The number of anilines is 1. The molecule has 0 radical (unpaired) electrons. The van der Waals surface area contributed by atoms with E-state index in [9.17, 15) is 0 Å². The molecule has 2 rings (SSSR count). The first-order valence-electron chi connectivity index (χ1n) is 4.99. The fourth-order valence-corrected chi connectivity index (χ4v) is 2.13. The molecule has 0 unspecified atom stereocenters. The van der Waals surface area contributed by atoms with Crippen LogP contribution in [-0.4, -0.2) is 9.55 Å². The Balaban J connectivity index is 2.28. The third-order valence-electron chi connectivity index (χ3n) is 2.48. The molecule has 0 aromatic carbocycles. The number of imidazole rings is 1. The highest BCUT2D eigenvalue weighted by Gasteiger charge is 2.13. The van der Waals surface area contributed by atoms with Crippen LogP contribution < -0.4 is 5.73 Å². The number of hydrogen-bond acceptors (Lipinski definition) is 3. The Bertz CT molecular complexity index is 505. The Kier molecular flexibility index (Phi) is 3.11. The first kappa shape index (κ1) is 11.0.